The SMILES string of the molecule is O=C1CCCN1c1cccc(C(=O)N2CCCc3ccc(N4CCCC4)cc32)c1. The summed E-state index contributed by atoms with van der Waals surface area (Å²) < 4.78 is 0. The predicted octanol–water partition coefficient (Wildman–Crippen LogP) is 4.01. The summed E-state index contributed by atoms with van der Waals surface area (Å²) in [6.45, 7) is 3.67. The second kappa shape index (κ2) is 7.54. The maximum atomic E-state index is 13.5. The van der Waals surface area contributed by atoms with E-state index in [1.54, 1.807) is 4.90 Å². The van der Waals surface area contributed by atoms with Crippen LogP contribution in [0.15, 0.2) is 42.5 Å². The molecule has 3 heterocycles. The first kappa shape index (κ1) is 18.2. The van der Waals surface area contributed by atoms with Crippen LogP contribution in [0.3, 0.4) is 0 Å². The second-order valence-electron chi connectivity index (χ2n) is 8.27. The van der Waals surface area contributed by atoms with Crippen molar-refractivity contribution in [1.82, 2.24) is 0 Å². The Kier molecular flexibility index (Phi) is 4.74. The number of nitrogens with zero attached hydrogens (tertiary/aromatic N) is 3. The third-order valence-electron chi connectivity index (χ3n) is 6.38. The van der Waals surface area contributed by atoms with E-state index in [1.807, 2.05) is 29.2 Å². The van der Waals surface area contributed by atoms with Crippen molar-refractivity contribution in [2.45, 2.75) is 38.5 Å². The summed E-state index contributed by atoms with van der Waals surface area (Å²) in [5.74, 6) is 0.172. The minimum atomic E-state index is 0.0259. The molecule has 0 aliphatic carbocycles. The number of hydrogen-bond acceptors (Lipinski definition) is 3. The molecule has 3 aliphatic heterocycles. The van der Waals surface area contributed by atoms with Crippen molar-refractivity contribution in [2.24, 2.45) is 0 Å². The lowest BCUT2D eigenvalue weighted by atomic mass is 9.99. The molecule has 0 N–H and O–H groups in total. The van der Waals surface area contributed by atoms with Crippen molar-refractivity contribution in [3.63, 3.8) is 0 Å². The number of carbonyl (C=O) groups excluding carboxylic acids is 2. The summed E-state index contributed by atoms with van der Waals surface area (Å²) in [5, 5.41) is 0. The monoisotopic (exact) mass is 389 g/mol. The van der Waals surface area contributed by atoms with Gasteiger partial charge in [-0.15, -0.1) is 0 Å². The van der Waals surface area contributed by atoms with Crippen LogP contribution in [-0.4, -0.2) is 38.0 Å². The maximum Gasteiger partial charge on any atom is 0.258 e. The fourth-order valence-corrected chi connectivity index (χ4v) is 4.83. The summed E-state index contributed by atoms with van der Waals surface area (Å²) in [7, 11) is 0. The number of hydrogen-bond donors (Lipinski definition) is 0. The predicted molar refractivity (Wildman–Crippen MR) is 116 cm³/mol. The van der Waals surface area contributed by atoms with Crippen molar-refractivity contribution in [3.05, 3.63) is 53.6 Å². The molecule has 150 valence electrons. The highest BCUT2D eigenvalue weighted by Crippen LogP contribution is 2.34. The van der Waals surface area contributed by atoms with Crippen LogP contribution in [0.5, 0.6) is 0 Å². The fraction of sp³-hybridized carbons (Fsp3) is 0.417. The molecule has 2 amide bonds. The summed E-state index contributed by atoms with van der Waals surface area (Å²) in [6, 6.07) is 14.2. The van der Waals surface area contributed by atoms with Crippen LogP contribution in [0.1, 0.15) is 48.0 Å². The van der Waals surface area contributed by atoms with E-state index in [1.165, 1.54) is 24.1 Å². The van der Waals surface area contributed by atoms with Gasteiger partial charge in [0, 0.05) is 55.2 Å². The van der Waals surface area contributed by atoms with Gasteiger partial charge in [-0.25, -0.2) is 0 Å². The Bertz CT molecular complexity index is 949. The van der Waals surface area contributed by atoms with E-state index in [0.717, 1.165) is 56.8 Å². The average Bonchev–Trinajstić information content (AvgIpc) is 3.44. The van der Waals surface area contributed by atoms with Crippen molar-refractivity contribution in [3.8, 4) is 0 Å². The number of aryl methyl sites for hydroxylation is 1. The van der Waals surface area contributed by atoms with Crippen LogP contribution in [-0.2, 0) is 11.2 Å². The first-order valence-corrected chi connectivity index (χ1v) is 10.8. The van der Waals surface area contributed by atoms with Crippen LogP contribution in [0.4, 0.5) is 17.1 Å². The first-order valence-electron chi connectivity index (χ1n) is 10.8. The van der Waals surface area contributed by atoms with Crippen LogP contribution in [0.25, 0.3) is 0 Å². The van der Waals surface area contributed by atoms with Crippen LogP contribution < -0.4 is 14.7 Å². The van der Waals surface area contributed by atoms with Gasteiger partial charge in [-0.2, -0.15) is 0 Å². The molecule has 0 unspecified atom stereocenters. The molecule has 2 aromatic rings. The van der Waals surface area contributed by atoms with E-state index >= 15 is 0 Å². The molecule has 29 heavy (non-hydrogen) atoms. The highest BCUT2D eigenvalue weighted by atomic mass is 16.2. The summed E-state index contributed by atoms with van der Waals surface area (Å²) in [5.41, 5.74) is 5.01. The molecule has 0 spiro atoms. The van der Waals surface area contributed by atoms with Gasteiger partial charge in [0.25, 0.3) is 5.91 Å². The molecule has 0 aromatic heterocycles. The zero-order valence-corrected chi connectivity index (χ0v) is 16.8. The van der Waals surface area contributed by atoms with Gasteiger partial charge in [-0.05, 0) is 68.0 Å². The summed E-state index contributed by atoms with van der Waals surface area (Å²) in [6.07, 6.45) is 5.95. The van der Waals surface area contributed by atoms with Gasteiger partial charge < -0.3 is 14.7 Å². The summed E-state index contributed by atoms with van der Waals surface area (Å²) >= 11 is 0. The molecule has 2 fully saturated rings. The number of carbonyl (C=O) groups is 2. The number of fused-ring (bicyclic) bond motifs is 1. The minimum Gasteiger partial charge on any atom is -0.371 e. The Hall–Kier alpha value is -2.82. The quantitative estimate of drug-likeness (QED) is 0.797. The third kappa shape index (κ3) is 3.39. The van der Waals surface area contributed by atoms with Crippen LogP contribution in [0.2, 0.25) is 0 Å². The number of benzene rings is 2. The average molecular weight is 389 g/mol. The molecule has 5 heteroatoms. The van der Waals surface area contributed by atoms with Crippen molar-refractivity contribution in [1.29, 1.82) is 0 Å². The van der Waals surface area contributed by atoms with Crippen LogP contribution in [0, 0.1) is 0 Å². The lowest BCUT2D eigenvalue weighted by Crippen LogP contribution is -2.36. The van der Waals surface area contributed by atoms with Gasteiger partial charge in [-0.3, -0.25) is 9.59 Å². The minimum absolute atomic E-state index is 0.0259. The number of rotatable bonds is 3. The first-order chi connectivity index (χ1) is 14.2. The van der Waals surface area contributed by atoms with E-state index in [2.05, 4.69) is 23.1 Å². The fourth-order valence-electron chi connectivity index (χ4n) is 4.83. The molecule has 0 atom stereocenters. The Morgan fingerprint density at radius 2 is 1.62 bits per heavy atom. The number of amides is 2. The van der Waals surface area contributed by atoms with E-state index in [-0.39, 0.29) is 11.8 Å². The lowest BCUT2D eigenvalue weighted by molar-refractivity contribution is -0.117. The van der Waals surface area contributed by atoms with Crippen molar-refractivity contribution >= 4 is 28.9 Å². The molecular weight excluding hydrogens is 362 g/mol. The molecule has 5 nitrogen and oxygen atoms in total. The Labute approximate surface area is 171 Å². The van der Waals surface area contributed by atoms with Crippen LogP contribution >= 0.6 is 0 Å². The molecular formula is C24H27N3O2. The zero-order valence-electron chi connectivity index (χ0n) is 16.8. The molecule has 5 rings (SSSR count). The third-order valence-corrected chi connectivity index (χ3v) is 6.38. The molecule has 2 saturated heterocycles. The molecule has 0 radical (unpaired) electrons. The van der Waals surface area contributed by atoms with Gasteiger partial charge in [-0.1, -0.05) is 12.1 Å². The lowest BCUT2D eigenvalue weighted by Gasteiger charge is -2.31. The highest BCUT2D eigenvalue weighted by molar-refractivity contribution is 6.08. The molecule has 0 saturated carbocycles. The normalized spacial score (nSPS) is 19.0. The molecule has 3 aliphatic rings. The largest absolute Gasteiger partial charge is 0.371 e. The van der Waals surface area contributed by atoms with E-state index in [4.69, 9.17) is 0 Å². The van der Waals surface area contributed by atoms with E-state index < -0.39 is 0 Å². The Morgan fingerprint density at radius 1 is 0.793 bits per heavy atom. The number of anilines is 3. The second-order valence-corrected chi connectivity index (χ2v) is 8.27. The van der Waals surface area contributed by atoms with Crippen molar-refractivity contribution < 1.29 is 9.59 Å². The molecule has 0 bridgehead atoms. The van der Waals surface area contributed by atoms with Gasteiger partial charge in [0.05, 0.1) is 0 Å². The maximum absolute atomic E-state index is 13.5. The van der Waals surface area contributed by atoms with Crippen molar-refractivity contribution in [2.75, 3.05) is 40.9 Å². The van der Waals surface area contributed by atoms with Gasteiger partial charge >= 0.3 is 0 Å². The van der Waals surface area contributed by atoms with Gasteiger partial charge in [0.1, 0.15) is 0 Å². The summed E-state index contributed by atoms with van der Waals surface area (Å²) in [4.78, 5) is 31.7. The smallest absolute Gasteiger partial charge is 0.258 e. The zero-order chi connectivity index (χ0) is 19.8. The highest BCUT2D eigenvalue weighted by Gasteiger charge is 2.27. The Balaban J connectivity index is 1.45. The Morgan fingerprint density at radius 3 is 2.41 bits per heavy atom. The standard InChI is InChI=1S/C24H27N3O2/c28-23-9-5-14-26(23)21-8-3-6-19(16-21)24(29)27-15-4-7-18-10-11-20(17-22(18)27)25-12-1-2-13-25/h3,6,8,10-11,16-17H,1-2,4-5,7,9,12-15H2. The van der Waals surface area contributed by atoms with E-state index in [0.29, 0.717) is 12.0 Å². The van der Waals surface area contributed by atoms with Gasteiger partial charge in [0.15, 0.2) is 0 Å². The topological polar surface area (TPSA) is 43.9 Å². The van der Waals surface area contributed by atoms with E-state index in [9.17, 15) is 9.59 Å². The molecule has 2 aromatic carbocycles. The van der Waals surface area contributed by atoms with Gasteiger partial charge in [0.2, 0.25) is 5.91 Å².